The molecule has 19 heteroatoms. The Kier molecular flexibility index (Phi) is 17.6. The number of nitrogens with one attached hydrogen (secondary N) is 1. The molecule has 292 valence electrons. The molecule has 0 spiro atoms. The maximum atomic E-state index is 12.3. The highest BCUT2D eigenvalue weighted by Gasteiger charge is 2.13. The SMILES string of the molecule is CC(=O)O.CC(=O)O.COc1cc(OC)cc(-c2cc3cnc(SC)nc3c(=O)[nH]2)c1.COc1cc(OC)cc(-c2cc3cnc(SC)nc3c(=O)o2)c1.N. The van der Waals surface area contributed by atoms with Crippen LogP contribution in [-0.2, 0) is 9.59 Å². The number of thioether (sulfide) groups is 2. The zero-order chi connectivity index (χ0) is 39.9. The Labute approximate surface area is 323 Å². The third-order valence-electron chi connectivity index (χ3n) is 6.70. The summed E-state index contributed by atoms with van der Waals surface area (Å²) >= 11 is 2.76. The Morgan fingerprint density at radius 2 is 1.05 bits per heavy atom. The predicted octanol–water partition coefficient (Wildman–Crippen LogP) is 6.06. The van der Waals surface area contributed by atoms with Gasteiger partial charge >= 0.3 is 5.63 Å². The van der Waals surface area contributed by atoms with Crippen molar-refractivity contribution in [2.75, 3.05) is 41.0 Å². The van der Waals surface area contributed by atoms with E-state index >= 15 is 0 Å². The van der Waals surface area contributed by atoms with Crippen LogP contribution in [0.4, 0.5) is 0 Å². The minimum atomic E-state index is -0.833. The first-order chi connectivity index (χ1) is 25.7. The van der Waals surface area contributed by atoms with Crippen LogP contribution in [0.3, 0.4) is 0 Å². The molecule has 55 heavy (non-hydrogen) atoms. The number of nitrogens with zero attached hydrogens (tertiary/aromatic N) is 4. The molecule has 0 aliphatic carbocycles. The third-order valence-corrected chi connectivity index (χ3v) is 7.82. The maximum absolute atomic E-state index is 12.3. The van der Waals surface area contributed by atoms with Gasteiger partial charge in [-0.25, -0.2) is 24.7 Å². The summed E-state index contributed by atoms with van der Waals surface area (Å²) in [5, 5.41) is 17.2. The quantitative estimate of drug-likeness (QED) is 0.101. The van der Waals surface area contributed by atoms with Crippen LogP contribution in [0.5, 0.6) is 23.0 Å². The molecule has 0 fully saturated rings. The van der Waals surface area contributed by atoms with Gasteiger partial charge in [0.25, 0.3) is 17.5 Å². The highest BCUT2D eigenvalue weighted by atomic mass is 32.2. The average Bonchev–Trinajstić information content (AvgIpc) is 3.16. The number of pyridine rings is 1. The third kappa shape index (κ3) is 13.0. The van der Waals surface area contributed by atoms with Gasteiger partial charge in [-0.2, -0.15) is 0 Å². The zero-order valence-corrected chi connectivity index (χ0v) is 32.8. The number of aromatic nitrogens is 5. The Hall–Kier alpha value is -6.18. The molecule has 0 bridgehead atoms. The minimum absolute atomic E-state index is 0. The van der Waals surface area contributed by atoms with Gasteiger partial charge in [0.1, 0.15) is 34.3 Å². The van der Waals surface area contributed by atoms with Crippen LogP contribution in [0.2, 0.25) is 0 Å². The monoisotopic (exact) mass is 796 g/mol. The van der Waals surface area contributed by atoms with Crippen molar-refractivity contribution in [3.05, 3.63) is 81.7 Å². The number of carboxylic acid groups (broad SMARTS) is 2. The fourth-order valence-electron chi connectivity index (χ4n) is 4.41. The first-order valence-corrected chi connectivity index (χ1v) is 17.8. The van der Waals surface area contributed by atoms with E-state index in [1.54, 1.807) is 71.2 Å². The van der Waals surface area contributed by atoms with Crippen LogP contribution >= 0.6 is 23.5 Å². The molecule has 0 amide bonds. The molecule has 4 heterocycles. The lowest BCUT2D eigenvalue weighted by atomic mass is 10.1. The molecule has 0 aliphatic rings. The second kappa shape index (κ2) is 21.5. The maximum Gasteiger partial charge on any atom is 0.363 e. The summed E-state index contributed by atoms with van der Waals surface area (Å²) < 4.78 is 26.4. The van der Waals surface area contributed by atoms with Gasteiger partial charge in [0.15, 0.2) is 15.8 Å². The summed E-state index contributed by atoms with van der Waals surface area (Å²) in [5.41, 5.74) is 2.00. The van der Waals surface area contributed by atoms with Crippen molar-refractivity contribution in [3.8, 4) is 45.6 Å². The number of rotatable bonds is 8. The van der Waals surface area contributed by atoms with Crippen LogP contribution in [-0.4, -0.2) is 88.0 Å². The van der Waals surface area contributed by atoms with E-state index in [9.17, 15) is 9.59 Å². The molecular weight excluding hydrogens is 757 g/mol. The smallest absolute Gasteiger partial charge is 0.363 e. The van der Waals surface area contributed by atoms with Crippen molar-refractivity contribution in [1.29, 1.82) is 0 Å². The highest BCUT2D eigenvalue weighted by Crippen LogP contribution is 2.31. The Bertz CT molecular complexity index is 2150. The predicted molar refractivity (Wildman–Crippen MR) is 211 cm³/mol. The van der Waals surface area contributed by atoms with E-state index < -0.39 is 17.6 Å². The summed E-state index contributed by atoms with van der Waals surface area (Å²) in [6.45, 7) is 2.17. The fraction of sp³-hybridized carbons (Fsp3) is 0.222. The van der Waals surface area contributed by atoms with E-state index in [0.717, 1.165) is 19.4 Å². The Morgan fingerprint density at radius 3 is 1.47 bits per heavy atom. The molecule has 6 rings (SSSR count). The number of ether oxygens (including phenoxy) is 4. The number of benzene rings is 2. The van der Waals surface area contributed by atoms with Crippen LogP contribution in [0.1, 0.15) is 13.8 Å². The van der Waals surface area contributed by atoms with Gasteiger partial charge < -0.3 is 44.7 Å². The number of aliphatic carboxylic acids is 2. The zero-order valence-electron chi connectivity index (χ0n) is 31.2. The molecule has 0 atom stereocenters. The Morgan fingerprint density at radius 1 is 0.655 bits per heavy atom. The van der Waals surface area contributed by atoms with E-state index in [1.807, 2.05) is 30.7 Å². The van der Waals surface area contributed by atoms with Crippen LogP contribution in [0.25, 0.3) is 44.4 Å². The van der Waals surface area contributed by atoms with E-state index in [1.165, 1.54) is 23.5 Å². The van der Waals surface area contributed by atoms with Crippen molar-refractivity contribution in [3.63, 3.8) is 0 Å². The number of carbonyl (C=O) groups is 2. The summed E-state index contributed by atoms with van der Waals surface area (Å²) in [6, 6.07) is 14.3. The van der Waals surface area contributed by atoms with Crippen molar-refractivity contribution in [1.82, 2.24) is 31.1 Å². The molecule has 0 aliphatic heterocycles. The Balaban J connectivity index is 0.000000314. The van der Waals surface area contributed by atoms with Gasteiger partial charge in [-0.3, -0.25) is 14.4 Å². The van der Waals surface area contributed by atoms with Crippen molar-refractivity contribution >= 4 is 57.3 Å². The van der Waals surface area contributed by atoms with Crippen molar-refractivity contribution < 1.29 is 43.2 Å². The largest absolute Gasteiger partial charge is 0.497 e. The lowest BCUT2D eigenvalue weighted by Crippen LogP contribution is -2.10. The summed E-state index contributed by atoms with van der Waals surface area (Å²) in [7, 11) is 6.29. The normalized spacial score (nSPS) is 9.89. The van der Waals surface area contributed by atoms with Crippen LogP contribution < -0.4 is 36.3 Å². The van der Waals surface area contributed by atoms with Gasteiger partial charge in [0.05, 0.1) is 28.4 Å². The minimum Gasteiger partial charge on any atom is -0.497 e. The molecule has 6 N–H and O–H groups in total. The molecule has 0 unspecified atom stereocenters. The molecule has 0 saturated heterocycles. The second-order valence-corrected chi connectivity index (χ2v) is 12.0. The second-order valence-electron chi connectivity index (χ2n) is 10.5. The number of carboxylic acids is 2. The molecule has 17 nitrogen and oxygen atoms in total. The molecule has 0 saturated carbocycles. The molecule has 2 aromatic carbocycles. The number of hydrogen-bond acceptors (Lipinski definition) is 16. The highest BCUT2D eigenvalue weighted by molar-refractivity contribution is 7.98. The lowest BCUT2D eigenvalue weighted by Gasteiger charge is -2.09. The van der Waals surface area contributed by atoms with E-state index in [-0.39, 0.29) is 17.2 Å². The summed E-state index contributed by atoms with van der Waals surface area (Å²) in [5.74, 6) is 1.25. The van der Waals surface area contributed by atoms with Gasteiger partial charge in [0.2, 0.25) is 0 Å². The molecular formula is C36H40N6O11S2. The van der Waals surface area contributed by atoms with E-state index in [4.69, 9.17) is 43.2 Å². The van der Waals surface area contributed by atoms with Crippen LogP contribution in [0, 0.1) is 0 Å². The number of H-pyrrole nitrogens is 1. The number of aromatic amines is 1. The lowest BCUT2D eigenvalue weighted by molar-refractivity contribution is -0.135. The number of hydrogen-bond donors (Lipinski definition) is 4. The summed E-state index contributed by atoms with van der Waals surface area (Å²) in [4.78, 5) is 62.3. The molecule has 4 aromatic heterocycles. The van der Waals surface area contributed by atoms with Crippen molar-refractivity contribution in [2.45, 2.75) is 24.2 Å². The van der Waals surface area contributed by atoms with E-state index in [2.05, 4.69) is 24.9 Å². The van der Waals surface area contributed by atoms with Gasteiger partial charge in [0, 0.05) is 66.0 Å². The summed E-state index contributed by atoms with van der Waals surface area (Å²) in [6.07, 6.45) is 6.99. The topological polar surface area (TPSA) is 261 Å². The van der Waals surface area contributed by atoms with Gasteiger partial charge in [-0.1, -0.05) is 23.5 Å². The molecule has 0 radical (unpaired) electrons. The first-order valence-electron chi connectivity index (χ1n) is 15.4. The number of methoxy groups -OCH3 is 4. The fourth-order valence-corrected chi connectivity index (χ4v) is 5.09. The van der Waals surface area contributed by atoms with Crippen LogP contribution in [0.15, 0.2) is 85.2 Å². The van der Waals surface area contributed by atoms with E-state index in [0.29, 0.717) is 66.6 Å². The average molecular weight is 797 g/mol. The number of fused-ring (bicyclic) bond motifs is 2. The standard InChI is InChI=1S/C16H15N3O3S.C16H14N2O4S.2C2H4O2.H3N/c1-21-11-4-9(5-12(7-11)22-2)13-6-10-8-17-16(23-3)19-14(10)15(20)18-13;1-20-11-4-9(5-12(7-11)21-2)13-6-10-8-17-16(23-3)18-14(10)15(19)22-13;2*1-2(3)4;/h4-8H,1-3H3,(H,18,20);4-8H,1-3H3;2*1H3,(H,3,4);1H3. The first kappa shape index (κ1) is 45.0. The van der Waals surface area contributed by atoms with Gasteiger partial charge in [-0.15, -0.1) is 0 Å². The van der Waals surface area contributed by atoms with Gasteiger partial charge in [-0.05, 0) is 48.9 Å². The molecule has 6 aromatic rings. The van der Waals surface area contributed by atoms with Crippen molar-refractivity contribution in [2.24, 2.45) is 0 Å².